The molecular formula is C66H107N5O8S4. The number of hydrogen-bond acceptors (Lipinski definition) is 9. The topological polar surface area (TPSA) is 157 Å². The molecule has 0 aliphatic carbocycles. The second-order valence-corrected chi connectivity index (χ2v) is 34.4. The normalized spacial score (nSPS) is 17.8. The van der Waals surface area contributed by atoms with Crippen molar-refractivity contribution in [1.29, 1.82) is 0 Å². The monoisotopic (exact) mass is 1230 g/mol. The molecule has 2 saturated heterocycles. The number of rotatable bonds is 18. The van der Waals surface area contributed by atoms with Crippen LogP contribution in [0.2, 0.25) is 0 Å². The fourth-order valence-electron chi connectivity index (χ4n) is 9.52. The van der Waals surface area contributed by atoms with E-state index in [1.165, 1.54) is 11.1 Å². The lowest BCUT2D eigenvalue weighted by Gasteiger charge is -2.36. The Morgan fingerprint density at radius 1 is 0.602 bits per heavy atom. The van der Waals surface area contributed by atoms with E-state index in [-0.39, 0.29) is 39.2 Å². The molecule has 0 saturated carbocycles. The predicted octanol–water partition coefficient (Wildman–Crippen LogP) is 12.1. The predicted molar refractivity (Wildman–Crippen MR) is 353 cm³/mol. The molecule has 83 heavy (non-hydrogen) atoms. The van der Waals surface area contributed by atoms with E-state index in [1.54, 1.807) is 53.1 Å². The van der Waals surface area contributed by atoms with Crippen LogP contribution in [0.3, 0.4) is 0 Å². The van der Waals surface area contributed by atoms with Gasteiger partial charge in [0.25, 0.3) is 0 Å². The van der Waals surface area contributed by atoms with Gasteiger partial charge in [0, 0.05) is 68.8 Å². The highest BCUT2D eigenvalue weighted by molar-refractivity contribution is 7.98. The van der Waals surface area contributed by atoms with E-state index in [2.05, 4.69) is 130 Å². The number of likely N-dealkylation sites (N-methyl/N-ethyl adjacent to an activating group) is 1. The molecule has 3 unspecified atom stereocenters. The summed E-state index contributed by atoms with van der Waals surface area (Å²) < 4.78 is 89.7. The average Bonchev–Trinajstić information content (AvgIpc) is 3.50. The number of benzene rings is 4. The number of sulfonamides is 2. The van der Waals surface area contributed by atoms with Crippen molar-refractivity contribution in [3.8, 4) is 0 Å². The molecule has 4 aromatic carbocycles. The van der Waals surface area contributed by atoms with Crippen molar-refractivity contribution >= 4 is 51.2 Å². The molecule has 6 rings (SSSR count). The molecule has 17 heteroatoms. The third kappa shape index (κ3) is 21.0. The summed E-state index contributed by atoms with van der Waals surface area (Å²) in [6.45, 7) is 41.2. The van der Waals surface area contributed by atoms with E-state index < -0.39 is 45.0 Å². The summed E-state index contributed by atoms with van der Waals surface area (Å²) in [5.74, 6) is 7.91. The third-order valence-electron chi connectivity index (χ3n) is 15.8. The van der Waals surface area contributed by atoms with Gasteiger partial charge in [0.2, 0.25) is 20.0 Å². The molecule has 4 aromatic rings. The maximum Gasteiger partial charge on any atom is 0.243 e. The summed E-state index contributed by atoms with van der Waals surface area (Å²) in [5, 5.41) is 9.51. The third-order valence-corrected chi connectivity index (χ3v) is 23.8. The Morgan fingerprint density at radius 3 is 1.36 bits per heavy atom. The molecule has 0 amide bonds. The molecule has 2 fully saturated rings. The number of methoxy groups -OCH3 is 1. The van der Waals surface area contributed by atoms with Gasteiger partial charge in [-0.15, -0.1) is 6.58 Å². The van der Waals surface area contributed by atoms with Crippen LogP contribution in [-0.4, -0.2) is 145 Å². The molecular weight excluding hydrogens is 1120 g/mol. The Balaban J connectivity index is 0.000000291. The van der Waals surface area contributed by atoms with Crippen LogP contribution in [0.5, 0.6) is 0 Å². The van der Waals surface area contributed by atoms with Crippen LogP contribution in [0, 0.1) is 0 Å². The summed E-state index contributed by atoms with van der Waals surface area (Å²) >= 11 is 0. The molecule has 3 atom stereocenters. The summed E-state index contributed by atoms with van der Waals surface area (Å²) in [6.07, 6.45) is 6.78. The fourth-order valence-corrected chi connectivity index (χ4v) is 15.7. The van der Waals surface area contributed by atoms with Gasteiger partial charge in [-0.2, -0.15) is 4.31 Å². The fraction of sp³-hybridized carbons (Fsp3) is 0.576. The van der Waals surface area contributed by atoms with Gasteiger partial charge in [0.05, 0.1) is 48.0 Å². The van der Waals surface area contributed by atoms with Gasteiger partial charge in [-0.3, -0.25) is 4.90 Å². The zero-order valence-electron chi connectivity index (χ0n) is 53.8. The number of nitrogens with one attached hydrogen (secondary N) is 1. The zero-order chi connectivity index (χ0) is 63.0. The molecule has 2 N–H and O–H groups in total. The van der Waals surface area contributed by atoms with Crippen LogP contribution in [0.1, 0.15) is 165 Å². The molecule has 0 bridgehead atoms. The number of piperazine rings is 1. The van der Waals surface area contributed by atoms with Gasteiger partial charge >= 0.3 is 0 Å². The maximum absolute atomic E-state index is 13.2. The highest BCUT2D eigenvalue weighted by Gasteiger charge is 2.34. The Kier molecular flexibility index (Phi) is 27.3. The van der Waals surface area contributed by atoms with E-state index in [0.29, 0.717) is 30.8 Å². The molecule has 2 heterocycles. The summed E-state index contributed by atoms with van der Waals surface area (Å²) in [4.78, 5) is 4.60. The lowest BCUT2D eigenvalue weighted by atomic mass is 9.87. The quantitative estimate of drug-likeness (QED) is 0.0731. The van der Waals surface area contributed by atoms with E-state index in [9.17, 15) is 30.4 Å². The van der Waals surface area contributed by atoms with Gasteiger partial charge in [-0.25, -0.2) is 38.6 Å². The first-order valence-electron chi connectivity index (χ1n) is 29.4. The summed E-state index contributed by atoms with van der Waals surface area (Å²) in [5.41, 5.74) is 4.17. The average molecular weight is 1230 g/mol. The Labute approximate surface area is 506 Å². The van der Waals surface area contributed by atoms with Crippen molar-refractivity contribution in [2.24, 2.45) is 0 Å². The van der Waals surface area contributed by atoms with Crippen molar-refractivity contribution < 1.29 is 35.1 Å². The second kappa shape index (κ2) is 30.8. The van der Waals surface area contributed by atoms with Gasteiger partial charge in [0.1, 0.15) is 0 Å². The SMILES string of the molecule is C=CCN(C)S(=C)(=O)c1ccc(C(C)(C)C)cc1.C=S(=O)(c1ccc(C(C)(C)C)cc1)N1CCN(CCOC)CC1.CCC(CC)(CO)NS(=O)(=O)c1ccc(C(C)(C)C)cc1.CCC1CCCCN1S(=O)(=O)c1ccc(C(C)(C)C)cc1. The minimum absolute atomic E-state index is 0.0165. The van der Waals surface area contributed by atoms with Gasteiger partial charge in [-0.1, -0.05) is 165 Å². The molecule has 0 spiro atoms. The van der Waals surface area contributed by atoms with Crippen LogP contribution in [0.25, 0.3) is 0 Å². The Hall–Kier alpha value is -3.72. The zero-order valence-corrected chi connectivity index (χ0v) is 57.1. The molecule has 2 aliphatic heterocycles. The first kappa shape index (κ1) is 73.5. The number of hydrogen-bond donors (Lipinski definition) is 2. The van der Waals surface area contributed by atoms with Crippen molar-refractivity contribution in [3.05, 3.63) is 132 Å². The molecule has 2 aliphatic rings. The number of nitrogens with zero attached hydrogens (tertiary/aromatic N) is 4. The largest absolute Gasteiger partial charge is 0.394 e. The van der Waals surface area contributed by atoms with E-state index in [4.69, 9.17) is 4.74 Å². The Bertz CT molecular complexity index is 3060. The first-order chi connectivity index (χ1) is 38.3. The molecule has 0 aromatic heterocycles. The van der Waals surface area contributed by atoms with Gasteiger partial charge in [-0.05, 0) is 143 Å². The molecule has 0 radical (unpaired) electrons. The number of ether oxygens (including phenoxy) is 1. The maximum atomic E-state index is 13.2. The number of aliphatic hydroxyl groups is 1. The van der Waals surface area contributed by atoms with Crippen LogP contribution < -0.4 is 4.72 Å². The number of aliphatic hydroxyl groups excluding tert-OH is 1. The summed E-state index contributed by atoms with van der Waals surface area (Å²) in [6, 6.07) is 30.5. The van der Waals surface area contributed by atoms with E-state index in [0.717, 1.165) is 85.9 Å². The lowest BCUT2D eigenvalue weighted by Crippen LogP contribution is -2.50. The van der Waals surface area contributed by atoms with Crippen LogP contribution in [0.4, 0.5) is 0 Å². The van der Waals surface area contributed by atoms with Crippen molar-refractivity contribution in [3.63, 3.8) is 0 Å². The van der Waals surface area contributed by atoms with Crippen LogP contribution in [-0.2, 0) is 65.9 Å². The van der Waals surface area contributed by atoms with Crippen molar-refractivity contribution in [2.45, 2.75) is 195 Å². The number of piperidine rings is 1. The van der Waals surface area contributed by atoms with Gasteiger partial charge < -0.3 is 9.84 Å². The smallest absolute Gasteiger partial charge is 0.243 e. The standard InChI is InChI=1S/C18H30N2O2S.C17H27NO2S.C16H27NO3S.C15H23NOS/c1-18(2,3)16-6-8-17(9-7-16)23(5,21)20-12-10-19(11-13-20)14-15-22-4;1-5-15-8-6-7-13-18(15)21(19,20)16-11-9-14(10-12-16)17(2,3)4;1-6-16(7-2,12-18)17-21(19,20)14-10-8-13(9-11-14)15(3,4)5;1-7-12-16(5)18(6,17)14-10-8-13(9-11-14)15(2,3)4/h6-9H,5,10-15H2,1-4H3;9-12,15H,5-8,13H2,1-4H3;8-11,17-18H,6-7,12H2,1-5H3;7-11H,1,6,12H2,2-5H3. The minimum Gasteiger partial charge on any atom is -0.394 e. The van der Waals surface area contributed by atoms with E-state index >= 15 is 0 Å². The molecule has 13 nitrogen and oxygen atoms in total. The highest BCUT2D eigenvalue weighted by atomic mass is 32.2. The molecule has 468 valence electrons. The Morgan fingerprint density at radius 2 is 1.00 bits per heavy atom. The minimum atomic E-state index is -3.63. The van der Waals surface area contributed by atoms with Crippen LogP contribution in [0.15, 0.2) is 129 Å². The van der Waals surface area contributed by atoms with Gasteiger partial charge in [0.15, 0.2) is 0 Å². The first-order valence-corrected chi connectivity index (χ1v) is 35.7. The highest BCUT2D eigenvalue weighted by Crippen LogP contribution is 2.31. The van der Waals surface area contributed by atoms with Crippen molar-refractivity contribution in [1.82, 2.24) is 22.5 Å². The van der Waals surface area contributed by atoms with Crippen molar-refractivity contribution in [2.75, 3.05) is 73.2 Å². The lowest BCUT2D eigenvalue weighted by molar-refractivity contribution is 0.124. The van der Waals surface area contributed by atoms with Crippen LogP contribution >= 0.6 is 0 Å². The second-order valence-electron chi connectivity index (χ2n) is 26.2. The summed E-state index contributed by atoms with van der Waals surface area (Å²) in [7, 11) is -8.25. The van der Waals surface area contributed by atoms with E-state index in [1.807, 2.05) is 78.8 Å².